The molecule has 0 N–H and O–H groups in total. The van der Waals surface area contributed by atoms with Gasteiger partial charge in [-0.05, 0) is 61.8 Å². The minimum absolute atomic E-state index is 0.234. The summed E-state index contributed by atoms with van der Waals surface area (Å²) in [6.07, 6.45) is 6.90. The predicted octanol–water partition coefficient (Wildman–Crippen LogP) is 4.86. The van der Waals surface area contributed by atoms with Crippen molar-refractivity contribution in [3.63, 3.8) is 0 Å². The number of hydrogen-bond donors (Lipinski definition) is 0. The van der Waals surface area contributed by atoms with Gasteiger partial charge in [0.25, 0.3) is 0 Å². The Kier molecular flexibility index (Phi) is 4.64. The molecule has 0 bridgehead atoms. The van der Waals surface area contributed by atoms with E-state index in [-0.39, 0.29) is 5.97 Å². The van der Waals surface area contributed by atoms with Crippen LogP contribution < -0.4 is 0 Å². The second kappa shape index (κ2) is 6.25. The molecule has 1 atom stereocenters. The van der Waals surface area contributed by atoms with Gasteiger partial charge in [0.1, 0.15) is 5.60 Å². The van der Waals surface area contributed by atoms with E-state index < -0.39 is 5.60 Å². The van der Waals surface area contributed by atoms with Gasteiger partial charge in [-0.25, -0.2) is 4.79 Å². The van der Waals surface area contributed by atoms with E-state index in [9.17, 15) is 4.79 Å². The first kappa shape index (κ1) is 14.8. The van der Waals surface area contributed by atoms with Crippen molar-refractivity contribution in [2.24, 2.45) is 0 Å². The summed E-state index contributed by atoms with van der Waals surface area (Å²) in [6.45, 7) is 8.19. The zero-order chi connectivity index (χ0) is 14.6. The van der Waals surface area contributed by atoms with Crippen molar-refractivity contribution in [2.75, 3.05) is 0 Å². The van der Waals surface area contributed by atoms with Gasteiger partial charge in [-0.3, -0.25) is 0 Å². The standard InChI is InChI=1S/C18H24O2/c1-4-14(3)15-8-10-16(11-9-15)17(19)20-18(5-2)12-6-7-13-18/h5,8-11,14H,2,4,6-7,12-13H2,1,3H3. The summed E-state index contributed by atoms with van der Waals surface area (Å²) in [5, 5.41) is 0. The second-order valence-electron chi connectivity index (χ2n) is 5.80. The number of esters is 1. The lowest BCUT2D eigenvalue weighted by Crippen LogP contribution is -2.29. The number of ether oxygens (including phenoxy) is 1. The Morgan fingerprint density at radius 3 is 2.45 bits per heavy atom. The molecule has 1 unspecified atom stereocenters. The molecule has 2 rings (SSSR count). The van der Waals surface area contributed by atoms with Crippen molar-refractivity contribution in [1.82, 2.24) is 0 Å². The molecule has 0 saturated heterocycles. The van der Waals surface area contributed by atoms with Crippen molar-refractivity contribution < 1.29 is 9.53 Å². The van der Waals surface area contributed by atoms with Crippen molar-refractivity contribution in [3.8, 4) is 0 Å². The molecule has 0 heterocycles. The van der Waals surface area contributed by atoms with Crippen LogP contribution in [0.5, 0.6) is 0 Å². The van der Waals surface area contributed by atoms with Gasteiger partial charge in [-0.2, -0.15) is 0 Å². The molecule has 1 aromatic carbocycles. The van der Waals surface area contributed by atoms with Crippen molar-refractivity contribution in [3.05, 3.63) is 48.0 Å². The van der Waals surface area contributed by atoms with E-state index in [1.165, 1.54) is 5.56 Å². The van der Waals surface area contributed by atoms with Crippen LogP contribution in [0.2, 0.25) is 0 Å². The molecule has 2 heteroatoms. The van der Waals surface area contributed by atoms with Crippen LogP contribution in [0.4, 0.5) is 0 Å². The van der Waals surface area contributed by atoms with Crippen molar-refractivity contribution >= 4 is 5.97 Å². The molecule has 0 radical (unpaired) electrons. The van der Waals surface area contributed by atoms with E-state index in [2.05, 4.69) is 20.4 Å². The van der Waals surface area contributed by atoms with Gasteiger partial charge in [0.05, 0.1) is 5.56 Å². The molecule has 0 aliphatic heterocycles. The van der Waals surface area contributed by atoms with Crippen LogP contribution in [0.25, 0.3) is 0 Å². The number of hydrogen-bond acceptors (Lipinski definition) is 2. The van der Waals surface area contributed by atoms with Crippen LogP contribution in [0.15, 0.2) is 36.9 Å². The third-order valence-electron chi connectivity index (χ3n) is 4.45. The highest BCUT2D eigenvalue weighted by molar-refractivity contribution is 5.89. The smallest absolute Gasteiger partial charge is 0.338 e. The number of benzene rings is 1. The maximum Gasteiger partial charge on any atom is 0.338 e. The lowest BCUT2D eigenvalue weighted by molar-refractivity contribution is 0.00670. The third-order valence-corrected chi connectivity index (χ3v) is 4.45. The zero-order valence-corrected chi connectivity index (χ0v) is 12.5. The fourth-order valence-electron chi connectivity index (χ4n) is 2.75. The van der Waals surface area contributed by atoms with E-state index >= 15 is 0 Å². The maximum absolute atomic E-state index is 12.2. The molecule has 0 aromatic heterocycles. The molecule has 1 fully saturated rings. The Balaban J connectivity index is 2.07. The molecule has 1 aliphatic carbocycles. The Hall–Kier alpha value is -1.57. The molecular weight excluding hydrogens is 248 g/mol. The van der Waals surface area contributed by atoms with Crippen LogP contribution in [0, 0.1) is 0 Å². The first-order valence-electron chi connectivity index (χ1n) is 7.57. The Morgan fingerprint density at radius 2 is 1.95 bits per heavy atom. The largest absolute Gasteiger partial charge is 0.451 e. The summed E-state index contributed by atoms with van der Waals surface area (Å²) in [5.41, 5.74) is 1.46. The molecule has 0 spiro atoms. The van der Waals surface area contributed by atoms with E-state index in [0.717, 1.165) is 32.1 Å². The van der Waals surface area contributed by atoms with Gasteiger partial charge in [0, 0.05) is 0 Å². The molecule has 1 aromatic rings. The van der Waals surface area contributed by atoms with E-state index in [1.807, 2.05) is 24.3 Å². The summed E-state index contributed by atoms with van der Waals surface area (Å²) in [6, 6.07) is 7.80. The van der Waals surface area contributed by atoms with Gasteiger partial charge in [-0.1, -0.05) is 32.6 Å². The first-order chi connectivity index (χ1) is 9.60. The Bertz CT molecular complexity index is 467. The van der Waals surface area contributed by atoms with E-state index in [1.54, 1.807) is 6.08 Å². The average molecular weight is 272 g/mol. The summed E-state index contributed by atoms with van der Waals surface area (Å²) in [5.74, 6) is 0.289. The van der Waals surface area contributed by atoms with Gasteiger partial charge < -0.3 is 4.74 Å². The van der Waals surface area contributed by atoms with Crippen LogP contribution in [0.1, 0.15) is 67.8 Å². The normalized spacial score (nSPS) is 18.5. The predicted molar refractivity (Wildman–Crippen MR) is 82.0 cm³/mol. The molecular formula is C18H24O2. The lowest BCUT2D eigenvalue weighted by Gasteiger charge is -2.25. The minimum atomic E-state index is -0.438. The lowest BCUT2D eigenvalue weighted by atomic mass is 9.97. The highest BCUT2D eigenvalue weighted by Crippen LogP contribution is 2.35. The number of rotatable bonds is 5. The molecule has 1 saturated carbocycles. The molecule has 1 aliphatic rings. The first-order valence-corrected chi connectivity index (χ1v) is 7.57. The highest BCUT2D eigenvalue weighted by Gasteiger charge is 2.34. The van der Waals surface area contributed by atoms with Crippen LogP contribution in [0.3, 0.4) is 0 Å². The fraction of sp³-hybridized carbons (Fsp3) is 0.500. The maximum atomic E-state index is 12.2. The summed E-state index contributed by atoms with van der Waals surface area (Å²) >= 11 is 0. The number of carbonyl (C=O) groups is 1. The highest BCUT2D eigenvalue weighted by atomic mass is 16.6. The van der Waals surface area contributed by atoms with E-state index in [4.69, 9.17) is 4.74 Å². The Morgan fingerprint density at radius 1 is 1.35 bits per heavy atom. The van der Waals surface area contributed by atoms with Crippen molar-refractivity contribution in [1.29, 1.82) is 0 Å². The summed E-state index contributed by atoms with van der Waals surface area (Å²) < 4.78 is 5.70. The summed E-state index contributed by atoms with van der Waals surface area (Å²) in [4.78, 5) is 12.2. The Labute approximate surface area is 121 Å². The zero-order valence-electron chi connectivity index (χ0n) is 12.5. The minimum Gasteiger partial charge on any atom is -0.451 e. The van der Waals surface area contributed by atoms with Gasteiger partial charge in [0.15, 0.2) is 0 Å². The van der Waals surface area contributed by atoms with Gasteiger partial charge in [-0.15, -0.1) is 0 Å². The summed E-state index contributed by atoms with van der Waals surface area (Å²) in [7, 11) is 0. The molecule has 108 valence electrons. The quantitative estimate of drug-likeness (QED) is 0.565. The SMILES string of the molecule is C=CC1(OC(=O)c2ccc(C(C)CC)cc2)CCCC1. The molecule has 20 heavy (non-hydrogen) atoms. The van der Waals surface area contributed by atoms with E-state index in [0.29, 0.717) is 11.5 Å². The average Bonchev–Trinajstić information content (AvgIpc) is 2.95. The molecule has 0 amide bonds. The second-order valence-corrected chi connectivity index (χ2v) is 5.80. The van der Waals surface area contributed by atoms with Crippen LogP contribution in [-0.2, 0) is 4.74 Å². The van der Waals surface area contributed by atoms with Crippen molar-refractivity contribution in [2.45, 2.75) is 57.5 Å². The fourth-order valence-corrected chi connectivity index (χ4v) is 2.75. The molecule has 2 nitrogen and oxygen atoms in total. The topological polar surface area (TPSA) is 26.3 Å². The van der Waals surface area contributed by atoms with Crippen LogP contribution in [-0.4, -0.2) is 11.6 Å². The number of carbonyl (C=O) groups excluding carboxylic acids is 1. The monoisotopic (exact) mass is 272 g/mol. The van der Waals surface area contributed by atoms with Gasteiger partial charge in [0.2, 0.25) is 0 Å². The van der Waals surface area contributed by atoms with Crippen LogP contribution >= 0.6 is 0 Å². The van der Waals surface area contributed by atoms with Gasteiger partial charge >= 0.3 is 5.97 Å². The third kappa shape index (κ3) is 3.12.